The third-order valence-electron chi connectivity index (χ3n) is 4.98. The highest BCUT2D eigenvalue weighted by Gasteiger charge is 2.12. The minimum absolute atomic E-state index is 0.201. The molecule has 3 heterocycles. The lowest BCUT2D eigenvalue weighted by molar-refractivity contribution is 0.414. The first-order valence-corrected chi connectivity index (χ1v) is 11.1. The molecule has 0 amide bonds. The molecule has 1 atom stereocenters. The van der Waals surface area contributed by atoms with Crippen LogP contribution in [0, 0.1) is 5.82 Å². The zero-order valence-electron chi connectivity index (χ0n) is 18.1. The molecule has 8 nitrogen and oxygen atoms in total. The van der Waals surface area contributed by atoms with Gasteiger partial charge in [-0.3, -0.25) is 10.1 Å². The molecule has 170 valence electrons. The maximum atomic E-state index is 13.1. The lowest BCUT2D eigenvalue weighted by Gasteiger charge is -2.14. The van der Waals surface area contributed by atoms with Gasteiger partial charge in [0.25, 0.3) is 0 Å². The fraction of sp³-hybridized carbons (Fsp3) is 0.217. The van der Waals surface area contributed by atoms with Crippen LogP contribution >= 0.6 is 15.9 Å². The van der Waals surface area contributed by atoms with E-state index in [1.54, 1.807) is 19.4 Å². The molecule has 0 bridgehead atoms. The molecule has 4 aromatic rings. The maximum Gasteiger partial charge on any atom is 0.225 e. The van der Waals surface area contributed by atoms with Gasteiger partial charge in [-0.25, -0.2) is 9.37 Å². The number of nitrogens with zero attached hydrogens (tertiary/aromatic N) is 4. The summed E-state index contributed by atoms with van der Waals surface area (Å²) in [6, 6.07) is 12.8. The Kier molecular flexibility index (Phi) is 7.13. The van der Waals surface area contributed by atoms with E-state index in [4.69, 9.17) is 4.74 Å². The molecule has 0 spiro atoms. The highest BCUT2D eigenvalue weighted by Crippen LogP contribution is 2.25. The van der Waals surface area contributed by atoms with E-state index in [2.05, 4.69) is 57.8 Å². The third kappa shape index (κ3) is 6.04. The number of hydrogen-bond donors (Lipinski definition) is 3. The minimum atomic E-state index is -0.376. The number of nitrogens with one attached hydrogen (secondary N) is 3. The molecule has 0 fully saturated rings. The van der Waals surface area contributed by atoms with Crippen molar-refractivity contribution in [2.45, 2.75) is 25.8 Å². The summed E-state index contributed by atoms with van der Waals surface area (Å²) in [6.45, 7) is 1.90. The molecule has 33 heavy (non-hydrogen) atoms. The molecular formula is C23H23BrFN7O. The van der Waals surface area contributed by atoms with Crippen LogP contribution in [0.15, 0.2) is 59.3 Å². The molecule has 1 aromatic carbocycles. The SMILES string of the molecule is COc1cccc(CCc2cc(Nc3nc(N[C@@H](C)c4ccc(F)cn4)ncc3Br)n[nH]2)c1. The van der Waals surface area contributed by atoms with Crippen LogP contribution in [0.3, 0.4) is 0 Å². The second-order valence-corrected chi connectivity index (χ2v) is 8.27. The van der Waals surface area contributed by atoms with Crippen molar-refractivity contribution in [3.8, 4) is 5.75 Å². The molecule has 0 unspecified atom stereocenters. The summed E-state index contributed by atoms with van der Waals surface area (Å²) >= 11 is 3.47. The Morgan fingerprint density at radius 2 is 2.00 bits per heavy atom. The predicted molar refractivity (Wildman–Crippen MR) is 128 cm³/mol. The average molecular weight is 512 g/mol. The number of benzene rings is 1. The van der Waals surface area contributed by atoms with E-state index >= 15 is 0 Å². The number of H-pyrrole nitrogens is 1. The number of halogens is 2. The Labute approximate surface area is 199 Å². The lowest BCUT2D eigenvalue weighted by Crippen LogP contribution is -2.11. The predicted octanol–water partition coefficient (Wildman–Crippen LogP) is 5.21. The first-order valence-electron chi connectivity index (χ1n) is 10.3. The summed E-state index contributed by atoms with van der Waals surface area (Å²) in [4.78, 5) is 12.9. The Balaban J connectivity index is 1.39. The number of aromatic amines is 1. The molecule has 0 aliphatic carbocycles. The number of ether oxygens (including phenoxy) is 1. The van der Waals surface area contributed by atoms with Crippen LogP contribution in [0.1, 0.15) is 29.9 Å². The minimum Gasteiger partial charge on any atom is -0.497 e. The van der Waals surface area contributed by atoms with E-state index in [0.29, 0.717) is 27.8 Å². The van der Waals surface area contributed by atoms with Gasteiger partial charge in [0.15, 0.2) is 11.6 Å². The molecule has 0 aliphatic rings. The summed E-state index contributed by atoms with van der Waals surface area (Å²) in [5.41, 5.74) is 2.88. The average Bonchev–Trinajstić information content (AvgIpc) is 3.28. The number of rotatable bonds is 9. The number of hydrogen-bond acceptors (Lipinski definition) is 7. The molecule has 0 saturated carbocycles. The van der Waals surface area contributed by atoms with Gasteiger partial charge in [-0.1, -0.05) is 12.1 Å². The first-order chi connectivity index (χ1) is 16.0. The molecule has 3 aromatic heterocycles. The summed E-state index contributed by atoms with van der Waals surface area (Å²) in [6.07, 6.45) is 4.51. The molecular weight excluding hydrogens is 489 g/mol. The zero-order valence-corrected chi connectivity index (χ0v) is 19.7. The van der Waals surface area contributed by atoms with Crippen molar-refractivity contribution < 1.29 is 9.13 Å². The molecule has 10 heteroatoms. The van der Waals surface area contributed by atoms with Gasteiger partial charge in [-0.05, 0) is 65.5 Å². The summed E-state index contributed by atoms with van der Waals surface area (Å²) < 4.78 is 19.1. The van der Waals surface area contributed by atoms with E-state index < -0.39 is 0 Å². The van der Waals surface area contributed by atoms with Crippen molar-refractivity contribution in [2.24, 2.45) is 0 Å². The second kappa shape index (κ2) is 10.4. The van der Waals surface area contributed by atoms with Crippen molar-refractivity contribution in [1.29, 1.82) is 0 Å². The summed E-state index contributed by atoms with van der Waals surface area (Å²) in [5.74, 6) is 2.10. The Morgan fingerprint density at radius 3 is 2.79 bits per heavy atom. The number of anilines is 3. The number of aryl methyl sites for hydroxylation is 2. The van der Waals surface area contributed by atoms with Gasteiger partial charge in [0.1, 0.15) is 11.6 Å². The van der Waals surface area contributed by atoms with Crippen LogP contribution in [-0.2, 0) is 12.8 Å². The monoisotopic (exact) mass is 511 g/mol. The number of pyridine rings is 1. The van der Waals surface area contributed by atoms with Crippen LogP contribution < -0.4 is 15.4 Å². The van der Waals surface area contributed by atoms with E-state index in [-0.39, 0.29) is 11.9 Å². The fourth-order valence-electron chi connectivity index (χ4n) is 3.22. The van der Waals surface area contributed by atoms with Crippen molar-refractivity contribution in [2.75, 3.05) is 17.7 Å². The standard InChI is InChI=1S/C23H23BrFN7O/c1-14(20-9-7-16(25)12-26-20)28-23-27-13-19(24)22(30-23)29-21-11-17(31-32-21)8-6-15-4-3-5-18(10-15)33-2/h3-5,7,9-14H,6,8H2,1-2H3,(H3,27,28,29,30,31,32)/t14-/m0/s1. The quantitative estimate of drug-likeness (QED) is 0.283. The van der Waals surface area contributed by atoms with Crippen molar-refractivity contribution in [3.63, 3.8) is 0 Å². The van der Waals surface area contributed by atoms with Crippen LogP contribution in [-0.4, -0.2) is 32.3 Å². The van der Waals surface area contributed by atoms with E-state index in [0.717, 1.165) is 24.3 Å². The highest BCUT2D eigenvalue weighted by atomic mass is 79.9. The maximum absolute atomic E-state index is 13.1. The lowest BCUT2D eigenvalue weighted by atomic mass is 10.1. The summed E-state index contributed by atoms with van der Waals surface area (Å²) in [7, 11) is 1.67. The molecule has 0 radical (unpaired) electrons. The van der Waals surface area contributed by atoms with Crippen molar-refractivity contribution in [1.82, 2.24) is 25.1 Å². The van der Waals surface area contributed by atoms with Crippen LogP contribution in [0.5, 0.6) is 5.75 Å². The van der Waals surface area contributed by atoms with E-state index in [1.165, 1.54) is 17.8 Å². The van der Waals surface area contributed by atoms with Crippen LogP contribution in [0.2, 0.25) is 0 Å². The van der Waals surface area contributed by atoms with Crippen molar-refractivity contribution >= 4 is 33.5 Å². The first kappa shape index (κ1) is 22.7. The van der Waals surface area contributed by atoms with E-state index in [1.807, 2.05) is 31.2 Å². The molecule has 0 aliphatic heterocycles. The Hall–Kier alpha value is -3.53. The summed E-state index contributed by atoms with van der Waals surface area (Å²) in [5, 5.41) is 13.8. The molecule has 0 saturated heterocycles. The third-order valence-corrected chi connectivity index (χ3v) is 5.56. The van der Waals surface area contributed by atoms with Gasteiger partial charge in [0.05, 0.1) is 29.5 Å². The Morgan fingerprint density at radius 1 is 1.12 bits per heavy atom. The Bertz CT molecular complexity index is 1220. The largest absolute Gasteiger partial charge is 0.497 e. The van der Waals surface area contributed by atoms with Crippen LogP contribution in [0.4, 0.5) is 22.0 Å². The van der Waals surface area contributed by atoms with Gasteiger partial charge in [0, 0.05) is 18.0 Å². The van der Waals surface area contributed by atoms with Gasteiger partial charge in [0.2, 0.25) is 5.95 Å². The van der Waals surface area contributed by atoms with Gasteiger partial charge < -0.3 is 15.4 Å². The van der Waals surface area contributed by atoms with Gasteiger partial charge in [-0.2, -0.15) is 10.1 Å². The van der Waals surface area contributed by atoms with E-state index in [9.17, 15) is 4.39 Å². The zero-order chi connectivity index (χ0) is 23.2. The smallest absolute Gasteiger partial charge is 0.225 e. The topological polar surface area (TPSA) is 101 Å². The van der Waals surface area contributed by atoms with Gasteiger partial charge >= 0.3 is 0 Å². The molecule has 4 rings (SSSR count). The number of methoxy groups -OCH3 is 1. The highest BCUT2D eigenvalue weighted by molar-refractivity contribution is 9.10. The number of aromatic nitrogens is 5. The van der Waals surface area contributed by atoms with Gasteiger partial charge in [-0.15, -0.1) is 0 Å². The van der Waals surface area contributed by atoms with Crippen LogP contribution in [0.25, 0.3) is 0 Å². The second-order valence-electron chi connectivity index (χ2n) is 7.41. The fourth-order valence-corrected chi connectivity index (χ4v) is 3.51. The normalized spacial score (nSPS) is 11.8. The van der Waals surface area contributed by atoms with Crippen molar-refractivity contribution in [3.05, 3.63) is 82.1 Å². The molecule has 3 N–H and O–H groups in total.